The Balaban J connectivity index is 1.96. The van der Waals surface area contributed by atoms with Crippen molar-refractivity contribution in [3.05, 3.63) is 34.6 Å². The monoisotopic (exact) mass is 301 g/mol. The highest BCUT2D eigenvalue weighted by molar-refractivity contribution is 7.99. The molecule has 1 amide bonds. The molecule has 0 spiro atoms. The summed E-state index contributed by atoms with van der Waals surface area (Å²) in [4.78, 5) is 12.0. The molecule has 1 aromatic rings. The molecule has 1 fully saturated rings. The van der Waals surface area contributed by atoms with Gasteiger partial charge in [0.25, 0.3) is 5.91 Å². The Morgan fingerprint density at radius 2 is 2.05 bits per heavy atom. The minimum atomic E-state index is -0.528. The summed E-state index contributed by atoms with van der Waals surface area (Å²) in [6.45, 7) is 0. The molecule has 0 bridgehead atoms. The molecule has 2 nitrogen and oxygen atoms in total. The molecule has 1 aliphatic rings. The van der Waals surface area contributed by atoms with Gasteiger partial charge in [0.05, 0.1) is 5.56 Å². The number of hydrogen-bond acceptors (Lipinski definition) is 2. The molecule has 104 valence electrons. The van der Waals surface area contributed by atoms with Gasteiger partial charge in [0.15, 0.2) is 0 Å². The van der Waals surface area contributed by atoms with E-state index >= 15 is 0 Å². The summed E-state index contributed by atoms with van der Waals surface area (Å²) in [5.74, 6) is -0.896. The van der Waals surface area contributed by atoms with Crippen molar-refractivity contribution in [3.8, 4) is 0 Å². The zero-order valence-corrected chi connectivity index (χ0v) is 12.4. The number of carbonyl (C=O) groups excluding carboxylic acids is 1. The SMILES string of the molecule is CSC1CCC(NC(=O)c2cc(Cl)ccc2F)CC1. The summed E-state index contributed by atoms with van der Waals surface area (Å²) in [6, 6.07) is 4.19. The Morgan fingerprint density at radius 1 is 1.37 bits per heavy atom. The van der Waals surface area contributed by atoms with Gasteiger partial charge in [0.2, 0.25) is 0 Å². The quantitative estimate of drug-likeness (QED) is 0.918. The van der Waals surface area contributed by atoms with Crippen LogP contribution in [0.1, 0.15) is 36.0 Å². The number of nitrogens with one attached hydrogen (secondary N) is 1. The van der Waals surface area contributed by atoms with Gasteiger partial charge in [0.1, 0.15) is 5.82 Å². The summed E-state index contributed by atoms with van der Waals surface area (Å²) < 4.78 is 13.6. The fraction of sp³-hybridized carbons (Fsp3) is 0.500. The summed E-state index contributed by atoms with van der Waals surface area (Å²) in [5.41, 5.74) is 0.0273. The Morgan fingerprint density at radius 3 is 2.68 bits per heavy atom. The second-order valence-corrected chi connectivity index (χ2v) is 6.38. The van der Waals surface area contributed by atoms with E-state index in [1.165, 1.54) is 18.2 Å². The third kappa shape index (κ3) is 3.86. The van der Waals surface area contributed by atoms with E-state index in [4.69, 9.17) is 11.6 Å². The van der Waals surface area contributed by atoms with Crippen molar-refractivity contribution < 1.29 is 9.18 Å². The van der Waals surface area contributed by atoms with Gasteiger partial charge < -0.3 is 5.32 Å². The van der Waals surface area contributed by atoms with Gasteiger partial charge in [-0.3, -0.25) is 4.79 Å². The maximum Gasteiger partial charge on any atom is 0.254 e. The number of benzene rings is 1. The second kappa shape index (κ2) is 6.62. The molecule has 0 aromatic heterocycles. The topological polar surface area (TPSA) is 29.1 Å². The second-order valence-electron chi connectivity index (χ2n) is 4.81. The first kappa shape index (κ1) is 14.7. The largest absolute Gasteiger partial charge is 0.349 e. The summed E-state index contributed by atoms with van der Waals surface area (Å²) in [6.07, 6.45) is 6.23. The molecule has 0 unspecified atom stereocenters. The van der Waals surface area contributed by atoms with E-state index in [1.807, 2.05) is 11.8 Å². The normalized spacial score (nSPS) is 23.1. The van der Waals surface area contributed by atoms with Crippen molar-refractivity contribution in [2.24, 2.45) is 0 Å². The average Bonchev–Trinajstić information content (AvgIpc) is 2.42. The Labute approximate surface area is 122 Å². The lowest BCUT2D eigenvalue weighted by molar-refractivity contribution is 0.0924. The third-order valence-electron chi connectivity index (χ3n) is 3.52. The fourth-order valence-electron chi connectivity index (χ4n) is 2.38. The summed E-state index contributed by atoms with van der Waals surface area (Å²) >= 11 is 7.67. The van der Waals surface area contributed by atoms with Gasteiger partial charge >= 0.3 is 0 Å². The van der Waals surface area contributed by atoms with E-state index in [1.54, 1.807) is 0 Å². The molecule has 0 aliphatic heterocycles. The fourth-order valence-corrected chi connectivity index (χ4v) is 3.29. The molecule has 5 heteroatoms. The van der Waals surface area contributed by atoms with E-state index in [0.717, 1.165) is 25.7 Å². The zero-order chi connectivity index (χ0) is 13.8. The molecule has 0 atom stereocenters. The smallest absolute Gasteiger partial charge is 0.254 e. The number of halogens is 2. The molecule has 1 aromatic carbocycles. The lowest BCUT2D eigenvalue weighted by Crippen LogP contribution is -2.38. The molecule has 0 saturated heterocycles. The van der Waals surface area contributed by atoms with E-state index < -0.39 is 5.82 Å². The molecule has 0 heterocycles. The van der Waals surface area contributed by atoms with E-state index in [-0.39, 0.29) is 17.5 Å². The van der Waals surface area contributed by atoms with Crippen molar-refractivity contribution in [1.29, 1.82) is 0 Å². The van der Waals surface area contributed by atoms with Crippen molar-refractivity contribution in [2.75, 3.05) is 6.26 Å². The molecule has 0 radical (unpaired) electrons. The highest BCUT2D eigenvalue weighted by Gasteiger charge is 2.23. The van der Waals surface area contributed by atoms with Gasteiger partial charge in [0, 0.05) is 16.3 Å². The predicted molar refractivity (Wildman–Crippen MR) is 78.4 cm³/mol. The van der Waals surface area contributed by atoms with Crippen LogP contribution in [-0.2, 0) is 0 Å². The van der Waals surface area contributed by atoms with Crippen LogP contribution < -0.4 is 5.32 Å². The molecule has 1 N–H and O–H groups in total. The van der Waals surface area contributed by atoms with Crippen molar-refractivity contribution in [2.45, 2.75) is 37.0 Å². The highest BCUT2D eigenvalue weighted by atomic mass is 35.5. The van der Waals surface area contributed by atoms with Gasteiger partial charge in [-0.15, -0.1) is 0 Å². The van der Waals surface area contributed by atoms with Crippen LogP contribution in [0, 0.1) is 5.82 Å². The molecule has 2 rings (SSSR count). The van der Waals surface area contributed by atoms with Gasteiger partial charge in [-0.1, -0.05) is 11.6 Å². The van der Waals surface area contributed by atoms with Gasteiger partial charge in [-0.2, -0.15) is 11.8 Å². The summed E-state index contributed by atoms with van der Waals surface area (Å²) in [7, 11) is 0. The first-order chi connectivity index (χ1) is 9.10. The minimum absolute atomic E-state index is 0.0273. The van der Waals surface area contributed by atoms with Crippen molar-refractivity contribution in [1.82, 2.24) is 5.32 Å². The van der Waals surface area contributed by atoms with Crippen LogP contribution in [-0.4, -0.2) is 23.5 Å². The van der Waals surface area contributed by atoms with E-state index in [2.05, 4.69) is 11.6 Å². The lowest BCUT2D eigenvalue weighted by atomic mass is 9.94. The van der Waals surface area contributed by atoms with Crippen LogP contribution in [0.15, 0.2) is 18.2 Å². The molecular formula is C14H17ClFNOS. The van der Waals surface area contributed by atoms with Gasteiger partial charge in [-0.05, 0) is 50.1 Å². The number of rotatable bonds is 3. The maximum absolute atomic E-state index is 13.6. The van der Waals surface area contributed by atoms with Crippen molar-refractivity contribution in [3.63, 3.8) is 0 Å². The number of thioether (sulfide) groups is 1. The van der Waals surface area contributed by atoms with Crippen LogP contribution in [0.4, 0.5) is 4.39 Å². The van der Waals surface area contributed by atoms with Crippen LogP contribution in [0.5, 0.6) is 0 Å². The Bertz CT molecular complexity index is 461. The van der Waals surface area contributed by atoms with Crippen LogP contribution in [0.2, 0.25) is 5.02 Å². The third-order valence-corrected chi connectivity index (χ3v) is 4.89. The van der Waals surface area contributed by atoms with Crippen molar-refractivity contribution >= 4 is 29.3 Å². The number of hydrogen-bond donors (Lipinski definition) is 1. The number of carbonyl (C=O) groups is 1. The molecule has 1 saturated carbocycles. The number of amides is 1. The molecular weight excluding hydrogens is 285 g/mol. The molecule has 19 heavy (non-hydrogen) atoms. The van der Waals surface area contributed by atoms with E-state index in [9.17, 15) is 9.18 Å². The first-order valence-electron chi connectivity index (χ1n) is 6.39. The first-order valence-corrected chi connectivity index (χ1v) is 8.05. The van der Waals surface area contributed by atoms with Gasteiger partial charge in [-0.25, -0.2) is 4.39 Å². The Kier molecular flexibility index (Phi) is 5.11. The summed E-state index contributed by atoms with van der Waals surface area (Å²) in [5, 5.41) is 3.96. The van der Waals surface area contributed by atoms with Crippen LogP contribution in [0.3, 0.4) is 0 Å². The van der Waals surface area contributed by atoms with E-state index in [0.29, 0.717) is 10.3 Å². The standard InChI is InChI=1S/C14H17ClFNOS/c1-19-11-5-3-10(4-6-11)17-14(18)12-8-9(15)2-7-13(12)16/h2,7-8,10-11H,3-6H2,1H3,(H,17,18). The predicted octanol–water partition coefficient (Wildman–Crippen LogP) is 3.88. The minimum Gasteiger partial charge on any atom is -0.349 e. The zero-order valence-electron chi connectivity index (χ0n) is 10.8. The molecule has 1 aliphatic carbocycles. The van der Waals surface area contributed by atoms with Crippen LogP contribution >= 0.6 is 23.4 Å². The van der Waals surface area contributed by atoms with Crippen LogP contribution in [0.25, 0.3) is 0 Å². The average molecular weight is 302 g/mol. The lowest BCUT2D eigenvalue weighted by Gasteiger charge is -2.28. The highest BCUT2D eigenvalue weighted by Crippen LogP contribution is 2.27. The maximum atomic E-state index is 13.6. The Hall–Kier alpha value is -0.740.